The van der Waals surface area contributed by atoms with Crippen LogP contribution in [-0.4, -0.2) is 0 Å². The van der Waals surface area contributed by atoms with Crippen molar-refractivity contribution < 1.29 is 0 Å². The molecule has 0 nitrogen and oxygen atoms in total. The maximum atomic E-state index is 4.33. The van der Waals surface area contributed by atoms with Crippen LogP contribution in [0.4, 0.5) is 0 Å². The zero-order valence-corrected chi connectivity index (χ0v) is 27.3. The lowest BCUT2D eigenvalue weighted by Crippen LogP contribution is -2.44. The molecule has 0 heteroatoms. The van der Waals surface area contributed by atoms with E-state index in [1.165, 1.54) is 161 Å². The minimum absolute atomic E-state index is 0.595. The zero-order chi connectivity index (χ0) is 27.9. The minimum Gasteiger partial charge on any atom is -0.0996 e. The van der Waals surface area contributed by atoms with Crippen LogP contribution in [0.25, 0.3) is 0 Å². The van der Waals surface area contributed by atoms with Crippen molar-refractivity contribution in [1.82, 2.24) is 0 Å². The minimum atomic E-state index is 0.595. The third-order valence-corrected chi connectivity index (χ3v) is 9.79. The number of unbranched alkanes of at least 4 members (excludes halogenated alkanes) is 17. The number of allylic oxidation sites excluding steroid dienone is 3. The summed E-state index contributed by atoms with van der Waals surface area (Å²) in [7, 11) is 0. The third-order valence-electron chi connectivity index (χ3n) is 9.79. The van der Waals surface area contributed by atoms with Crippen LogP contribution < -0.4 is 0 Å². The van der Waals surface area contributed by atoms with Crippen LogP contribution in [0, 0.1) is 23.2 Å². The Morgan fingerprint density at radius 2 is 1.11 bits per heavy atom. The van der Waals surface area contributed by atoms with E-state index in [9.17, 15) is 0 Å². The molecule has 3 unspecified atom stereocenters. The highest BCUT2D eigenvalue weighted by molar-refractivity contribution is 5.13. The third kappa shape index (κ3) is 17.2. The molecule has 38 heavy (non-hydrogen) atoms. The van der Waals surface area contributed by atoms with Crippen LogP contribution in [0.3, 0.4) is 0 Å². The van der Waals surface area contributed by atoms with Gasteiger partial charge in [0, 0.05) is 0 Å². The molecule has 0 N–H and O–H groups in total. The topological polar surface area (TPSA) is 0 Å². The van der Waals surface area contributed by atoms with Gasteiger partial charge in [0.15, 0.2) is 0 Å². The van der Waals surface area contributed by atoms with Crippen molar-refractivity contribution in [1.29, 1.82) is 0 Å². The van der Waals surface area contributed by atoms with Gasteiger partial charge in [-0.25, -0.2) is 0 Å². The lowest BCUT2D eigenvalue weighted by atomic mass is 9.52. The molecule has 0 aromatic rings. The van der Waals surface area contributed by atoms with E-state index in [0.29, 0.717) is 5.41 Å². The summed E-state index contributed by atoms with van der Waals surface area (Å²) < 4.78 is 0. The fourth-order valence-corrected chi connectivity index (χ4v) is 6.94. The van der Waals surface area contributed by atoms with Crippen LogP contribution in [0.2, 0.25) is 0 Å². The van der Waals surface area contributed by atoms with Crippen molar-refractivity contribution in [2.24, 2.45) is 23.2 Å². The van der Waals surface area contributed by atoms with E-state index in [1.807, 2.05) is 0 Å². The molecule has 0 radical (unpaired) electrons. The van der Waals surface area contributed by atoms with Crippen molar-refractivity contribution in [3.63, 3.8) is 0 Å². The molecular weight excluding hydrogens is 456 g/mol. The molecule has 0 amide bonds. The van der Waals surface area contributed by atoms with Gasteiger partial charge in [-0.3, -0.25) is 0 Å². The number of hydrogen-bond acceptors (Lipinski definition) is 0. The van der Waals surface area contributed by atoms with Gasteiger partial charge < -0.3 is 0 Å². The van der Waals surface area contributed by atoms with Crippen LogP contribution >= 0.6 is 0 Å². The first-order valence-corrected chi connectivity index (χ1v) is 17.7. The van der Waals surface area contributed by atoms with E-state index in [0.717, 1.165) is 17.8 Å². The molecule has 0 aromatic heterocycles. The summed E-state index contributed by atoms with van der Waals surface area (Å²) in [5, 5.41) is 0. The molecule has 0 aromatic carbocycles. The normalized spacial score (nSPS) is 23.1. The molecule has 0 bridgehead atoms. The Hall–Kier alpha value is -0.520. The highest BCUT2D eigenvalue weighted by Gasteiger charge is 2.47. The maximum Gasteiger partial charge on any atom is -0.0167 e. The van der Waals surface area contributed by atoms with Crippen molar-refractivity contribution in [3.8, 4) is 0 Å². The Bertz CT molecular complexity index is 567. The van der Waals surface area contributed by atoms with Crippen LogP contribution in [-0.2, 0) is 0 Å². The Morgan fingerprint density at radius 1 is 0.658 bits per heavy atom. The molecule has 3 atom stereocenters. The van der Waals surface area contributed by atoms with Crippen molar-refractivity contribution in [2.45, 2.75) is 195 Å². The largest absolute Gasteiger partial charge is 0.0996 e. The van der Waals surface area contributed by atoms with Gasteiger partial charge >= 0.3 is 0 Å². The van der Waals surface area contributed by atoms with Crippen molar-refractivity contribution >= 4 is 0 Å². The fourth-order valence-electron chi connectivity index (χ4n) is 6.94. The first-order valence-electron chi connectivity index (χ1n) is 17.7. The van der Waals surface area contributed by atoms with Crippen LogP contribution in [0.15, 0.2) is 24.3 Å². The summed E-state index contributed by atoms with van der Waals surface area (Å²) in [6.07, 6.45) is 40.3. The summed E-state index contributed by atoms with van der Waals surface area (Å²) >= 11 is 0. The molecule has 0 heterocycles. The van der Waals surface area contributed by atoms with Gasteiger partial charge in [-0.05, 0) is 74.5 Å². The quantitative estimate of drug-likeness (QED) is 0.115. The summed E-state index contributed by atoms with van der Waals surface area (Å²) in [4.78, 5) is 0. The molecule has 224 valence electrons. The Kier molecular flexibility index (Phi) is 21.7. The summed E-state index contributed by atoms with van der Waals surface area (Å²) in [5.41, 5.74) is 2.16. The lowest BCUT2D eigenvalue weighted by molar-refractivity contribution is 0.000898. The highest BCUT2D eigenvalue weighted by atomic mass is 14.5. The lowest BCUT2D eigenvalue weighted by Gasteiger charge is -2.53. The van der Waals surface area contributed by atoms with Gasteiger partial charge in [-0.2, -0.15) is 0 Å². The van der Waals surface area contributed by atoms with E-state index in [1.54, 1.807) is 5.57 Å². The molecule has 2 rings (SSSR count). The zero-order valence-electron chi connectivity index (χ0n) is 27.3. The highest BCUT2D eigenvalue weighted by Crippen LogP contribution is 2.56. The Morgan fingerprint density at radius 3 is 1.55 bits per heavy atom. The summed E-state index contributed by atoms with van der Waals surface area (Å²) in [6.45, 7) is 16.2. The molecule has 0 spiro atoms. The summed E-state index contributed by atoms with van der Waals surface area (Å²) in [6, 6.07) is 0. The average molecular weight is 529 g/mol. The standard InChI is InChI=1S/C23H46.C15H26/c1-3-5-7-9-11-13-15-17-19-21-23-22-20-18-16-14-12-10-8-6-4-2;1-11-6-5-7-12(2)13-10-15(3,4)14(13)9-8-11/h17,19H,3-16,18,20-23H2,1-2H3;11,13-14H,2,5-10H2,1,3-4H3/b19-17-;. The Labute approximate surface area is 242 Å². The Balaban J connectivity index is 0.000000411. The second kappa shape index (κ2) is 23.2. The second-order valence-electron chi connectivity index (χ2n) is 14.0. The monoisotopic (exact) mass is 529 g/mol. The van der Waals surface area contributed by atoms with E-state index >= 15 is 0 Å². The van der Waals surface area contributed by atoms with E-state index in [-0.39, 0.29) is 0 Å². The predicted octanol–water partition coefficient (Wildman–Crippen LogP) is 13.8. The van der Waals surface area contributed by atoms with Crippen molar-refractivity contribution in [2.75, 3.05) is 0 Å². The average Bonchev–Trinajstić information content (AvgIpc) is 2.94. The van der Waals surface area contributed by atoms with Gasteiger partial charge in [-0.15, -0.1) is 0 Å². The van der Waals surface area contributed by atoms with E-state index in [2.05, 4.69) is 53.3 Å². The number of rotatable bonds is 19. The molecular formula is C38H72. The van der Waals surface area contributed by atoms with Crippen molar-refractivity contribution in [3.05, 3.63) is 24.3 Å². The molecule has 0 saturated heterocycles. The van der Waals surface area contributed by atoms with Crippen LogP contribution in [0.1, 0.15) is 195 Å². The smallest absolute Gasteiger partial charge is 0.0167 e. The molecule has 2 aliphatic carbocycles. The molecule has 2 aliphatic rings. The molecule has 0 aliphatic heterocycles. The van der Waals surface area contributed by atoms with Gasteiger partial charge in [-0.1, -0.05) is 168 Å². The number of hydrogen-bond donors (Lipinski definition) is 0. The second-order valence-corrected chi connectivity index (χ2v) is 14.0. The predicted molar refractivity (Wildman–Crippen MR) is 175 cm³/mol. The SMILES string of the molecule is C=C1CCCC(C)CCC2C1CC2(C)C.CCCCCCCC/C=C\CCCCCCCCCCCCC. The first-order chi connectivity index (χ1) is 18.4. The first kappa shape index (κ1) is 35.5. The molecule has 2 saturated carbocycles. The number of fused-ring (bicyclic) bond motifs is 1. The van der Waals surface area contributed by atoms with E-state index < -0.39 is 0 Å². The fraction of sp³-hybridized carbons (Fsp3) is 0.895. The van der Waals surface area contributed by atoms with Gasteiger partial charge in [0.1, 0.15) is 0 Å². The van der Waals surface area contributed by atoms with Crippen LogP contribution in [0.5, 0.6) is 0 Å². The van der Waals surface area contributed by atoms with Gasteiger partial charge in [0.2, 0.25) is 0 Å². The maximum absolute atomic E-state index is 4.33. The summed E-state index contributed by atoms with van der Waals surface area (Å²) in [5.74, 6) is 2.74. The molecule has 2 fully saturated rings. The van der Waals surface area contributed by atoms with Gasteiger partial charge in [0.25, 0.3) is 0 Å². The van der Waals surface area contributed by atoms with E-state index in [4.69, 9.17) is 0 Å². The van der Waals surface area contributed by atoms with Gasteiger partial charge in [0.05, 0.1) is 0 Å².